The van der Waals surface area contributed by atoms with E-state index in [9.17, 15) is 14.7 Å². The molecule has 1 fully saturated rings. The zero-order valence-corrected chi connectivity index (χ0v) is 9.29. The number of hydrogen-bond donors (Lipinski definition) is 3. The molecule has 0 spiro atoms. The standard InChI is InChI=1S/C10H14N2O5/c1-10(5-13)6(14)4-8(17-10)12-3-2-7(15)11-9(12)16/h2-3,6,8,13-14H,4-5H2,1H3,(H,11,15,16)/t6-,8+,10?/m0/s1. The van der Waals surface area contributed by atoms with Crippen LogP contribution in [0, 0.1) is 0 Å². The van der Waals surface area contributed by atoms with E-state index in [0.717, 1.165) is 0 Å². The number of aliphatic hydroxyl groups excluding tert-OH is 2. The minimum absolute atomic E-state index is 0.184. The molecule has 1 aliphatic heterocycles. The van der Waals surface area contributed by atoms with Crippen LogP contribution >= 0.6 is 0 Å². The molecule has 0 amide bonds. The van der Waals surface area contributed by atoms with Crippen LogP contribution in [0.5, 0.6) is 0 Å². The summed E-state index contributed by atoms with van der Waals surface area (Å²) in [6, 6.07) is 1.20. The lowest BCUT2D eigenvalue weighted by Gasteiger charge is -2.24. The van der Waals surface area contributed by atoms with Crippen molar-refractivity contribution in [3.05, 3.63) is 33.1 Å². The quantitative estimate of drug-likeness (QED) is 0.589. The van der Waals surface area contributed by atoms with Crippen molar-refractivity contribution in [1.29, 1.82) is 0 Å². The van der Waals surface area contributed by atoms with Gasteiger partial charge in [0.05, 0.1) is 12.7 Å². The maximum Gasteiger partial charge on any atom is 0.330 e. The highest BCUT2D eigenvalue weighted by atomic mass is 16.6. The molecule has 7 heteroatoms. The van der Waals surface area contributed by atoms with Crippen LogP contribution in [0.3, 0.4) is 0 Å². The van der Waals surface area contributed by atoms with Crippen LogP contribution in [0.25, 0.3) is 0 Å². The lowest BCUT2D eigenvalue weighted by molar-refractivity contribution is -0.116. The highest BCUT2D eigenvalue weighted by Gasteiger charge is 2.44. The summed E-state index contributed by atoms with van der Waals surface area (Å²) < 4.78 is 6.64. The van der Waals surface area contributed by atoms with Gasteiger partial charge in [0.15, 0.2) is 0 Å². The maximum absolute atomic E-state index is 11.5. The molecule has 7 nitrogen and oxygen atoms in total. The normalized spacial score (nSPS) is 32.9. The molecule has 2 rings (SSSR count). The predicted molar refractivity (Wildman–Crippen MR) is 57.6 cm³/mol. The van der Waals surface area contributed by atoms with Gasteiger partial charge in [-0.25, -0.2) is 4.79 Å². The molecule has 0 saturated carbocycles. The van der Waals surface area contributed by atoms with E-state index in [1.807, 2.05) is 0 Å². The zero-order valence-electron chi connectivity index (χ0n) is 9.29. The molecule has 94 valence electrons. The molecule has 1 unspecified atom stereocenters. The summed E-state index contributed by atoms with van der Waals surface area (Å²) in [5.74, 6) is 0. The molecule has 0 aliphatic carbocycles. The van der Waals surface area contributed by atoms with E-state index in [4.69, 9.17) is 9.84 Å². The minimum Gasteiger partial charge on any atom is -0.393 e. The van der Waals surface area contributed by atoms with E-state index < -0.39 is 29.2 Å². The van der Waals surface area contributed by atoms with Crippen molar-refractivity contribution in [2.24, 2.45) is 0 Å². The minimum atomic E-state index is -1.08. The third-order valence-electron chi connectivity index (χ3n) is 3.01. The number of aliphatic hydroxyl groups is 2. The van der Waals surface area contributed by atoms with E-state index in [2.05, 4.69) is 4.98 Å². The van der Waals surface area contributed by atoms with Crippen LogP contribution in [0.2, 0.25) is 0 Å². The lowest BCUT2D eigenvalue weighted by atomic mass is 10.0. The molecule has 1 saturated heterocycles. The van der Waals surface area contributed by atoms with E-state index in [0.29, 0.717) is 0 Å². The fraction of sp³-hybridized carbons (Fsp3) is 0.600. The number of aromatic amines is 1. The van der Waals surface area contributed by atoms with Gasteiger partial charge in [-0.3, -0.25) is 14.3 Å². The van der Waals surface area contributed by atoms with Crippen LogP contribution in [-0.2, 0) is 4.74 Å². The molecule has 3 N–H and O–H groups in total. The third kappa shape index (κ3) is 2.04. The first kappa shape index (κ1) is 12.0. The Kier molecular flexibility index (Phi) is 2.90. The number of ether oxygens (including phenoxy) is 1. The smallest absolute Gasteiger partial charge is 0.330 e. The lowest BCUT2D eigenvalue weighted by Crippen LogP contribution is -2.40. The van der Waals surface area contributed by atoms with Crippen molar-refractivity contribution in [3.63, 3.8) is 0 Å². The van der Waals surface area contributed by atoms with Crippen molar-refractivity contribution in [1.82, 2.24) is 9.55 Å². The van der Waals surface area contributed by atoms with Gasteiger partial charge in [0, 0.05) is 18.7 Å². The molecular weight excluding hydrogens is 228 g/mol. The SMILES string of the molecule is CC1(CO)O[C@@H](n2ccc(=O)[nH]c2=O)C[C@@H]1O. The van der Waals surface area contributed by atoms with Gasteiger partial charge in [0.1, 0.15) is 11.8 Å². The molecule has 0 aromatic carbocycles. The van der Waals surface area contributed by atoms with Crippen LogP contribution in [0.15, 0.2) is 21.9 Å². The van der Waals surface area contributed by atoms with Crippen molar-refractivity contribution < 1.29 is 14.9 Å². The second-order valence-electron chi connectivity index (χ2n) is 4.31. The highest BCUT2D eigenvalue weighted by molar-refractivity contribution is 4.94. The van der Waals surface area contributed by atoms with Gasteiger partial charge in [0.25, 0.3) is 5.56 Å². The van der Waals surface area contributed by atoms with Gasteiger partial charge < -0.3 is 14.9 Å². The van der Waals surface area contributed by atoms with Gasteiger partial charge >= 0.3 is 5.69 Å². The summed E-state index contributed by atoms with van der Waals surface area (Å²) >= 11 is 0. The van der Waals surface area contributed by atoms with Gasteiger partial charge in [-0.05, 0) is 6.92 Å². The monoisotopic (exact) mass is 242 g/mol. The molecule has 1 aromatic rings. The van der Waals surface area contributed by atoms with Crippen molar-refractivity contribution in [2.45, 2.75) is 31.3 Å². The number of aromatic nitrogens is 2. The predicted octanol–water partition coefficient (Wildman–Crippen LogP) is -1.43. The largest absolute Gasteiger partial charge is 0.393 e. The van der Waals surface area contributed by atoms with Gasteiger partial charge in [-0.1, -0.05) is 0 Å². The Hall–Kier alpha value is -1.44. The first-order chi connectivity index (χ1) is 7.96. The summed E-state index contributed by atoms with van der Waals surface area (Å²) in [5, 5.41) is 18.9. The van der Waals surface area contributed by atoms with E-state index in [1.54, 1.807) is 6.92 Å². The first-order valence-corrected chi connectivity index (χ1v) is 5.24. The Labute approximate surface area is 96.3 Å². The van der Waals surface area contributed by atoms with E-state index in [1.165, 1.54) is 16.8 Å². The summed E-state index contributed by atoms with van der Waals surface area (Å²) in [6.45, 7) is 1.22. The second-order valence-corrected chi connectivity index (χ2v) is 4.31. The van der Waals surface area contributed by atoms with Crippen LogP contribution < -0.4 is 11.2 Å². The van der Waals surface area contributed by atoms with Gasteiger partial charge in [-0.15, -0.1) is 0 Å². The average Bonchev–Trinajstić information content (AvgIpc) is 2.56. The highest BCUT2D eigenvalue weighted by Crippen LogP contribution is 2.35. The van der Waals surface area contributed by atoms with Gasteiger partial charge in [0.2, 0.25) is 0 Å². The molecule has 1 aliphatic rings. The zero-order chi connectivity index (χ0) is 12.6. The second kappa shape index (κ2) is 4.10. The number of nitrogens with one attached hydrogen (secondary N) is 1. The summed E-state index contributed by atoms with van der Waals surface area (Å²) in [4.78, 5) is 24.5. The number of hydrogen-bond acceptors (Lipinski definition) is 5. The average molecular weight is 242 g/mol. The number of nitrogens with zero attached hydrogens (tertiary/aromatic N) is 1. The molecular formula is C10H14N2O5. The Morgan fingerprint density at radius 1 is 1.65 bits per heavy atom. The fourth-order valence-corrected chi connectivity index (χ4v) is 1.84. The maximum atomic E-state index is 11.5. The fourth-order valence-electron chi connectivity index (χ4n) is 1.84. The molecule has 17 heavy (non-hydrogen) atoms. The molecule has 3 atom stereocenters. The Morgan fingerprint density at radius 3 is 2.88 bits per heavy atom. The number of rotatable bonds is 2. The Balaban J connectivity index is 2.32. The summed E-state index contributed by atoms with van der Waals surface area (Å²) in [7, 11) is 0. The van der Waals surface area contributed by atoms with Crippen molar-refractivity contribution >= 4 is 0 Å². The van der Waals surface area contributed by atoms with Crippen LogP contribution in [0.1, 0.15) is 19.6 Å². The molecule has 0 radical (unpaired) electrons. The van der Waals surface area contributed by atoms with Crippen molar-refractivity contribution in [3.8, 4) is 0 Å². The summed E-state index contributed by atoms with van der Waals surface area (Å²) in [6.07, 6.45) is -0.0622. The third-order valence-corrected chi connectivity index (χ3v) is 3.01. The topological polar surface area (TPSA) is 105 Å². The van der Waals surface area contributed by atoms with Crippen LogP contribution in [0.4, 0.5) is 0 Å². The van der Waals surface area contributed by atoms with Crippen LogP contribution in [-0.4, -0.2) is 38.1 Å². The Bertz CT molecular complexity index is 522. The molecule has 2 heterocycles. The molecule has 1 aromatic heterocycles. The van der Waals surface area contributed by atoms with E-state index >= 15 is 0 Å². The molecule has 0 bridgehead atoms. The van der Waals surface area contributed by atoms with E-state index in [-0.39, 0.29) is 13.0 Å². The van der Waals surface area contributed by atoms with Gasteiger partial charge in [-0.2, -0.15) is 0 Å². The van der Waals surface area contributed by atoms with Crippen molar-refractivity contribution in [2.75, 3.05) is 6.61 Å². The summed E-state index contributed by atoms with van der Waals surface area (Å²) in [5.41, 5.74) is -2.17. The Morgan fingerprint density at radius 2 is 2.35 bits per heavy atom. The first-order valence-electron chi connectivity index (χ1n) is 5.24. The number of H-pyrrole nitrogens is 1.